The van der Waals surface area contributed by atoms with E-state index in [1.807, 2.05) is 30.0 Å². The number of carbonyl (C=O) groups excluding carboxylic acids is 1. The molecule has 4 N–H and O–H groups in total. The molecule has 0 radical (unpaired) electrons. The summed E-state index contributed by atoms with van der Waals surface area (Å²) >= 11 is 2.80. The SMILES string of the molecule is Cc1nc2sc(C(=O)N[C@H]3COc4cc(N5CC6CNCC(C5)C6(F)F)ccc4C3)c(N)c2s1. The van der Waals surface area contributed by atoms with Crippen molar-refractivity contribution in [2.24, 2.45) is 11.8 Å². The molecule has 0 spiro atoms. The largest absolute Gasteiger partial charge is 0.491 e. The van der Waals surface area contributed by atoms with Crippen molar-refractivity contribution in [1.82, 2.24) is 15.6 Å². The fourth-order valence-corrected chi connectivity index (χ4v) is 7.29. The van der Waals surface area contributed by atoms with Gasteiger partial charge in [-0.3, -0.25) is 4.79 Å². The van der Waals surface area contributed by atoms with Gasteiger partial charge in [-0.25, -0.2) is 13.8 Å². The van der Waals surface area contributed by atoms with E-state index in [9.17, 15) is 13.6 Å². The second kappa shape index (κ2) is 8.03. The van der Waals surface area contributed by atoms with Crippen molar-refractivity contribution in [3.05, 3.63) is 33.6 Å². The Balaban J connectivity index is 1.14. The number of thiazole rings is 1. The standard InChI is InChI=1S/C23H25F2N5O2S2/c1-11-28-22-20(33-11)18(26)19(34-22)21(31)29-15-4-12-2-3-16(5-17(12)32-10-15)30-8-13-6-27-7-14(9-30)23(13,24)25/h2-3,5,13-15,27H,4,6-10,26H2,1H3,(H,29,31)/t13?,14?,15-/m1/s1. The predicted octanol–water partition coefficient (Wildman–Crippen LogP) is 3.27. The summed E-state index contributed by atoms with van der Waals surface area (Å²) in [5.74, 6) is -3.45. The van der Waals surface area contributed by atoms with Crippen LogP contribution in [0.25, 0.3) is 9.53 Å². The predicted molar refractivity (Wildman–Crippen MR) is 131 cm³/mol. The topological polar surface area (TPSA) is 92.5 Å². The maximum Gasteiger partial charge on any atom is 0.263 e. The number of thiophene rings is 1. The Morgan fingerprint density at radius 1 is 1.29 bits per heavy atom. The summed E-state index contributed by atoms with van der Waals surface area (Å²) in [5, 5.41) is 7.10. The van der Waals surface area contributed by atoms with E-state index in [1.165, 1.54) is 22.7 Å². The fourth-order valence-electron chi connectivity index (χ4n) is 5.20. The molecule has 34 heavy (non-hydrogen) atoms. The molecule has 1 aromatic carbocycles. The Hall–Kier alpha value is -2.50. The summed E-state index contributed by atoms with van der Waals surface area (Å²) in [6.45, 7) is 3.58. The number of aryl methyl sites for hydroxylation is 1. The first kappa shape index (κ1) is 22.0. The van der Waals surface area contributed by atoms with Gasteiger partial charge < -0.3 is 26.0 Å². The van der Waals surface area contributed by atoms with Gasteiger partial charge in [-0.1, -0.05) is 6.07 Å². The number of hydrogen-bond acceptors (Lipinski definition) is 8. The molecule has 3 aliphatic rings. The van der Waals surface area contributed by atoms with Crippen molar-refractivity contribution in [2.75, 3.05) is 43.4 Å². The Morgan fingerprint density at radius 3 is 2.79 bits per heavy atom. The Labute approximate surface area is 203 Å². The lowest BCUT2D eigenvalue weighted by molar-refractivity contribution is -0.130. The average Bonchev–Trinajstić information content (AvgIpc) is 3.29. The summed E-state index contributed by atoms with van der Waals surface area (Å²) in [4.78, 5) is 20.6. The molecule has 3 atom stereocenters. The zero-order valence-electron chi connectivity index (χ0n) is 18.6. The number of nitrogens with zero attached hydrogens (tertiary/aromatic N) is 2. The van der Waals surface area contributed by atoms with Crippen LogP contribution in [0.5, 0.6) is 5.75 Å². The third kappa shape index (κ3) is 3.61. The van der Waals surface area contributed by atoms with Gasteiger partial charge in [0.15, 0.2) is 0 Å². The molecule has 7 nitrogen and oxygen atoms in total. The molecule has 3 aromatic rings. The number of amides is 1. The zero-order chi connectivity index (χ0) is 23.6. The van der Waals surface area contributed by atoms with E-state index >= 15 is 0 Å². The minimum absolute atomic E-state index is 0.181. The Bertz CT molecular complexity index is 1260. The minimum atomic E-state index is -2.62. The minimum Gasteiger partial charge on any atom is -0.491 e. The highest BCUT2D eigenvalue weighted by molar-refractivity contribution is 7.29. The van der Waals surface area contributed by atoms with Gasteiger partial charge in [-0.05, 0) is 25.0 Å². The third-order valence-electron chi connectivity index (χ3n) is 7.01. The molecule has 2 aromatic heterocycles. The number of nitrogens with two attached hydrogens (primary N) is 1. The maximum absolute atomic E-state index is 14.5. The molecule has 11 heteroatoms. The molecule has 2 fully saturated rings. The molecular weight excluding hydrogens is 480 g/mol. The number of benzene rings is 1. The lowest BCUT2D eigenvalue weighted by Gasteiger charge is -2.48. The smallest absolute Gasteiger partial charge is 0.263 e. The van der Waals surface area contributed by atoms with Crippen molar-refractivity contribution in [3.63, 3.8) is 0 Å². The Morgan fingerprint density at radius 2 is 2.06 bits per heavy atom. The molecule has 0 saturated carbocycles. The van der Waals surface area contributed by atoms with Gasteiger partial charge in [0.2, 0.25) is 0 Å². The first-order chi connectivity index (χ1) is 16.3. The first-order valence-corrected chi connectivity index (χ1v) is 13.0. The van der Waals surface area contributed by atoms with Crippen LogP contribution in [-0.4, -0.2) is 55.6 Å². The van der Waals surface area contributed by atoms with Crippen molar-refractivity contribution in [2.45, 2.75) is 25.3 Å². The van der Waals surface area contributed by atoms with E-state index in [1.54, 1.807) is 0 Å². The van der Waals surface area contributed by atoms with Crippen LogP contribution in [0.3, 0.4) is 0 Å². The highest BCUT2D eigenvalue weighted by atomic mass is 32.1. The number of halogens is 2. The molecule has 1 amide bonds. The second-order valence-electron chi connectivity index (χ2n) is 9.32. The van der Waals surface area contributed by atoms with Crippen LogP contribution in [0.2, 0.25) is 0 Å². The summed E-state index contributed by atoms with van der Waals surface area (Å²) < 4.78 is 35.8. The van der Waals surface area contributed by atoms with E-state index < -0.39 is 17.8 Å². The van der Waals surface area contributed by atoms with Gasteiger partial charge in [-0.15, -0.1) is 22.7 Å². The summed E-state index contributed by atoms with van der Waals surface area (Å²) in [7, 11) is 0. The molecule has 5 heterocycles. The highest BCUT2D eigenvalue weighted by Gasteiger charge is 2.53. The van der Waals surface area contributed by atoms with E-state index in [0.717, 1.165) is 31.5 Å². The first-order valence-electron chi connectivity index (χ1n) is 11.3. The number of alkyl halides is 2. The maximum atomic E-state index is 14.5. The van der Waals surface area contributed by atoms with Crippen molar-refractivity contribution in [3.8, 4) is 5.75 Å². The highest BCUT2D eigenvalue weighted by Crippen LogP contribution is 2.42. The quantitative estimate of drug-likeness (QED) is 0.506. The number of nitrogens with one attached hydrogen (secondary N) is 2. The zero-order valence-corrected chi connectivity index (χ0v) is 20.2. The van der Waals surface area contributed by atoms with Gasteiger partial charge in [0.25, 0.3) is 11.8 Å². The van der Waals surface area contributed by atoms with Gasteiger partial charge in [0.1, 0.15) is 22.1 Å². The number of fused-ring (bicyclic) bond motifs is 4. The number of piperidine rings is 2. The van der Waals surface area contributed by atoms with Crippen LogP contribution in [0.4, 0.5) is 20.2 Å². The number of hydrogen-bond donors (Lipinski definition) is 3. The lowest BCUT2D eigenvalue weighted by atomic mass is 9.81. The molecule has 180 valence electrons. The van der Waals surface area contributed by atoms with Gasteiger partial charge in [-0.2, -0.15) is 0 Å². The number of aromatic nitrogens is 1. The van der Waals surface area contributed by atoms with Crippen LogP contribution < -0.4 is 26.0 Å². The molecule has 0 aliphatic carbocycles. The molecule has 2 unspecified atom stereocenters. The van der Waals surface area contributed by atoms with Crippen molar-refractivity contribution in [1.29, 1.82) is 0 Å². The second-order valence-corrected chi connectivity index (χ2v) is 11.5. The van der Waals surface area contributed by atoms with Crippen LogP contribution in [0.1, 0.15) is 20.2 Å². The van der Waals surface area contributed by atoms with Crippen LogP contribution in [0.15, 0.2) is 18.2 Å². The molecular formula is C23H25F2N5O2S2. The molecule has 6 rings (SSSR count). The fraction of sp³-hybridized carbons (Fsp3) is 0.478. The van der Waals surface area contributed by atoms with Gasteiger partial charge in [0, 0.05) is 37.9 Å². The number of nitrogen functional groups attached to an aromatic ring is 1. The number of carbonyl (C=O) groups is 1. The summed E-state index contributed by atoms with van der Waals surface area (Å²) in [5.41, 5.74) is 8.58. The Kier molecular flexibility index (Phi) is 5.19. The molecule has 2 bridgehead atoms. The lowest BCUT2D eigenvalue weighted by Crippen LogP contribution is -2.62. The van der Waals surface area contributed by atoms with Crippen LogP contribution in [0, 0.1) is 18.8 Å². The third-order valence-corrected chi connectivity index (χ3v) is 9.24. The normalized spacial score (nSPS) is 25.6. The summed E-state index contributed by atoms with van der Waals surface area (Å²) in [6, 6.07) is 5.71. The molecule has 3 aliphatic heterocycles. The number of rotatable bonds is 3. The van der Waals surface area contributed by atoms with E-state index in [4.69, 9.17) is 10.5 Å². The monoisotopic (exact) mass is 505 g/mol. The molecule has 2 saturated heterocycles. The number of anilines is 2. The average molecular weight is 506 g/mol. The van der Waals surface area contributed by atoms with Crippen LogP contribution >= 0.6 is 22.7 Å². The van der Waals surface area contributed by atoms with Crippen molar-refractivity contribution >= 4 is 49.5 Å². The van der Waals surface area contributed by atoms with Crippen LogP contribution in [-0.2, 0) is 6.42 Å². The number of ether oxygens (including phenoxy) is 1. The summed E-state index contributed by atoms with van der Waals surface area (Å²) in [6.07, 6.45) is 0.631. The van der Waals surface area contributed by atoms with E-state index in [2.05, 4.69) is 15.6 Å². The van der Waals surface area contributed by atoms with Crippen molar-refractivity contribution < 1.29 is 18.3 Å². The van der Waals surface area contributed by atoms with E-state index in [-0.39, 0.29) is 11.9 Å². The van der Waals surface area contributed by atoms with Gasteiger partial charge >= 0.3 is 0 Å². The van der Waals surface area contributed by atoms with E-state index in [0.29, 0.717) is 49.8 Å². The van der Waals surface area contributed by atoms with Gasteiger partial charge in [0.05, 0.1) is 33.3 Å².